The number of hydrogen-bond acceptors (Lipinski definition) is 2. The highest BCUT2D eigenvalue weighted by atomic mass is 16.5. The highest BCUT2D eigenvalue weighted by Gasteiger charge is 2.45. The first-order chi connectivity index (χ1) is 7.62. The van der Waals surface area contributed by atoms with Gasteiger partial charge in [0.05, 0.1) is 0 Å². The normalized spacial score (nSPS) is 28.5. The summed E-state index contributed by atoms with van der Waals surface area (Å²) in [5.41, 5.74) is 0.755. The molecular formula is C13H16O3. The molecule has 0 amide bonds. The van der Waals surface area contributed by atoms with Gasteiger partial charge in [-0.05, 0) is 29.9 Å². The van der Waals surface area contributed by atoms with Gasteiger partial charge in [-0.15, -0.1) is 0 Å². The third-order valence-corrected chi connectivity index (χ3v) is 3.55. The standard InChI is InChI=1S/C13H16O3/c1-9-7-8-13(16-2,12(14)15)11-6-4-3-5-10(9)11/h3-6,9H,7-8H2,1-2H3,(H,14,15). The number of ether oxygens (including phenoxy) is 1. The van der Waals surface area contributed by atoms with Crippen LogP contribution < -0.4 is 0 Å². The Hall–Kier alpha value is -1.35. The van der Waals surface area contributed by atoms with Crippen molar-refractivity contribution in [3.8, 4) is 0 Å². The van der Waals surface area contributed by atoms with Gasteiger partial charge in [0.2, 0.25) is 0 Å². The van der Waals surface area contributed by atoms with Crippen molar-refractivity contribution in [1.29, 1.82) is 0 Å². The highest BCUT2D eigenvalue weighted by molar-refractivity contribution is 5.80. The molecule has 2 rings (SSSR count). The average Bonchev–Trinajstić information content (AvgIpc) is 2.30. The van der Waals surface area contributed by atoms with E-state index in [4.69, 9.17) is 4.74 Å². The van der Waals surface area contributed by atoms with Crippen LogP contribution in [0.2, 0.25) is 0 Å². The fourth-order valence-corrected chi connectivity index (χ4v) is 2.53. The molecule has 0 bridgehead atoms. The van der Waals surface area contributed by atoms with E-state index in [1.165, 1.54) is 7.11 Å². The Morgan fingerprint density at radius 2 is 2.19 bits per heavy atom. The third kappa shape index (κ3) is 1.43. The van der Waals surface area contributed by atoms with Gasteiger partial charge >= 0.3 is 5.97 Å². The molecule has 1 N–H and O–H groups in total. The molecule has 0 spiro atoms. The summed E-state index contributed by atoms with van der Waals surface area (Å²) in [4.78, 5) is 11.5. The fourth-order valence-electron chi connectivity index (χ4n) is 2.53. The zero-order valence-electron chi connectivity index (χ0n) is 9.56. The Balaban J connectivity index is 2.60. The van der Waals surface area contributed by atoms with Crippen LogP contribution in [0.3, 0.4) is 0 Å². The van der Waals surface area contributed by atoms with Crippen LogP contribution in [0.4, 0.5) is 0 Å². The summed E-state index contributed by atoms with van der Waals surface area (Å²) >= 11 is 0. The maximum Gasteiger partial charge on any atom is 0.340 e. The molecule has 3 heteroatoms. The van der Waals surface area contributed by atoms with Crippen molar-refractivity contribution < 1.29 is 14.6 Å². The number of rotatable bonds is 2. The number of carboxylic acid groups (broad SMARTS) is 1. The van der Waals surface area contributed by atoms with E-state index in [1.807, 2.05) is 24.3 Å². The van der Waals surface area contributed by atoms with Gasteiger partial charge in [0.25, 0.3) is 0 Å². The first-order valence-electron chi connectivity index (χ1n) is 5.50. The van der Waals surface area contributed by atoms with E-state index in [-0.39, 0.29) is 0 Å². The van der Waals surface area contributed by atoms with Crippen LogP contribution in [0.5, 0.6) is 0 Å². The van der Waals surface area contributed by atoms with Crippen molar-refractivity contribution in [2.24, 2.45) is 0 Å². The van der Waals surface area contributed by atoms with Crippen molar-refractivity contribution in [2.45, 2.75) is 31.3 Å². The average molecular weight is 220 g/mol. The molecule has 0 aromatic heterocycles. The van der Waals surface area contributed by atoms with Gasteiger partial charge in [-0.3, -0.25) is 0 Å². The second kappa shape index (κ2) is 3.91. The van der Waals surface area contributed by atoms with Crippen LogP contribution in [-0.2, 0) is 15.1 Å². The number of aliphatic carboxylic acids is 1. The smallest absolute Gasteiger partial charge is 0.340 e. The van der Waals surface area contributed by atoms with Crippen LogP contribution in [0.25, 0.3) is 0 Å². The van der Waals surface area contributed by atoms with Gasteiger partial charge in [0.15, 0.2) is 5.60 Å². The molecule has 2 unspecified atom stereocenters. The first-order valence-corrected chi connectivity index (χ1v) is 5.50. The van der Waals surface area contributed by atoms with Crippen LogP contribution in [0.15, 0.2) is 24.3 Å². The predicted molar refractivity (Wildman–Crippen MR) is 60.4 cm³/mol. The minimum Gasteiger partial charge on any atom is -0.479 e. The molecule has 1 aliphatic carbocycles. The summed E-state index contributed by atoms with van der Waals surface area (Å²) in [5.74, 6) is -0.492. The minimum absolute atomic E-state index is 0.402. The molecule has 0 radical (unpaired) electrons. The lowest BCUT2D eigenvalue weighted by atomic mass is 9.74. The van der Waals surface area contributed by atoms with Gasteiger partial charge in [-0.25, -0.2) is 4.79 Å². The number of benzene rings is 1. The molecule has 1 aromatic carbocycles. The summed E-state index contributed by atoms with van der Waals surface area (Å²) in [6.07, 6.45) is 1.38. The maximum atomic E-state index is 11.5. The van der Waals surface area contributed by atoms with E-state index in [0.717, 1.165) is 17.5 Å². The molecule has 2 atom stereocenters. The number of fused-ring (bicyclic) bond motifs is 1. The van der Waals surface area contributed by atoms with E-state index >= 15 is 0 Å². The SMILES string of the molecule is COC1(C(=O)O)CCC(C)c2ccccc21. The third-order valence-electron chi connectivity index (χ3n) is 3.55. The van der Waals surface area contributed by atoms with Crippen molar-refractivity contribution in [3.05, 3.63) is 35.4 Å². The molecule has 0 saturated heterocycles. The summed E-state index contributed by atoms with van der Waals surface area (Å²) < 4.78 is 5.32. The van der Waals surface area contributed by atoms with E-state index < -0.39 is 11.6 Å². The first kappa shape index (κ1) is 11.1. The van der Waals surface area contributed by atoms with Gasteiger partial charge in [-0.2, -0.15) is 0 Å². The summed E-state index contributed by atoms with van der Waals surface area (Å²) in [7, 11) is 1.47. The predicted octanol–water partition coefficient (Wildman–Crippen LogP) is 2.51. The van der Waals surface area contributed by atoms with E-state index in [1.54, 1.807) is 0 Å². The largest absolute Gasteiger partial charge is 0.479 e. The van der Waals surface area contributed by atoms with Crippen molar-refractivity contribution in [1.82, 2.24) is 0 Å². The second-order valence-corrected chi connectivity index (χ2v) is 4.36. The Labute approximate surface area is 95.0 Å². The molecule has 16 heavy (non-hydrogen) atoms. The van der Waals surface area contributed by atoms with Crippen LogP contribution in [0.1, 0.15) is 36.8 Å². The van der Waals surface area contributed by atoms with E-state index in [2.05, 4.69) is 6.92 Å². The van der Waals surface area contributed by atoms with Crippen LogP contribution in [0, 0.1) is 0 Å². The Morgan fingerprint density at radius 1 is 1.50 bits per heavy atom. The highest BCUT2D eigenvalue weighted by Crippen LogP contribution is 2.43. The van der Waals surface area contributed by atoms with E-state index in [9.17, 15) is 9.90 Å². The summed E-state index contributed by atoms with van der Waals surface area (Å²) in [6.45, 7) is 2.13. The number of carboxylic acids is 1. The zero-order chi connectivity index (χ0) is 11.8. The lowest BCUT2D eigenvalue weighted by molar-refractivity contribution is -0.166. The molecule has 86 valence electrons. The molecule has 0 saturated carbocycles. The molecule has 1 aliphatic rings. The quantitative estimate of drug-likeness (QED) is 0.833. The lowest BCUT2D eigenvalue weighted by Crippen LogP contribution is -2.41. The topological polar surface area (TPSA) is 46.5 Å². The van der Waals surface area contributed by atoms with Gasteiger partial charge in [0.1, 0.15) is 0 Å². The van der Waals surface area contributed by atoms with Crippen molar-refractivity contribution in [2.75, 3.05) is 7.11 Å². The zero-order valence-corrected chi connectivity index (χ0v) is 9.56. The molecule has 0 aliphatic heterocycles. The fraction of sp³-hybridized carbons (Fsp3) is 0.462. The molecule has 0 fully saturated rings. The molecule has 0 heterocycles. The van der Waals surface area contributed by atoms with Crippen molar-refractivity contribution >= 4 is 5.97 Å². The second-order valence-electron chi connectivity index (χ2n) is 4.36. The summed E-state index contributed by atoms with van der Waals surface area (Å²) in [6, 6.07) is 7.68. The maximum absolute atomic E-state index is 11.5. The van der Waals surface area contributed by atoms with Gasteiger partial charge in [-0.1, -0.05) is 31.2 Å². The molecule has 1 aromatic rings. The van der Waals surface area contributed by atoms with Crippen LogP contribution >= 0.6 is 0 Å². The van der Waals surface area contributed by atoms with Crippen molar-refractivity contribution in [3.63, 3.8) is 0 Å². The Kier molecular flexibility index (Phi) is 2.72. The Bertz CT molecular complexity index is 413. The van der Waals surface area contributed by atoms with Gasteiger partial charge in [0, 0.05) is 7.11 Å². The molecule has 3 nitrogen and oxygen atoms in total. The number of methoxy groups -OCH3 is 1. The number of hydrogen-bond donors (Lipinski definition) is 1. The summed E-state index contributed by atoms with van der Waals surface area (Å²) in [5, 5.41) is 9.40. The van der Waals surface area contributed by atoms with E-state index in [0.29, 0.717) is 12.3 Å². The Morgan fingerprint density at radius 3 is 2.81 bits per heavy atom. The van der Waals surface area contributed by atoms with Gasteiger partial charge < -0.3 is 9.84 Å². The molecular weight excluding hydrogens is 204 g/mol. The van der Waals surface area contributed by atoms with Crippen LogP contribution in [-0.4, -0.2) is 18.2 Å². The lowest BCUT2D eigenvalue weighted by Gasteiger charge is -2.36. The minimum atomic E-state index is -1.15. The number of carbonyl (C=O) groups is 1. The monoisotopic (exact) mass is 220 g/mol.